The Morgan fingerprint density at radius 1 is 1.15 bits per heavy atom. The van der Waals surface area contributed by atoms with Crippen molar-refractivity contribution < 1.29 is 14.4 Å². The van der Waals surface area contributed by atoms with Crippen LogP contribution in [-0.2, 0) is 20.8 Å². The molecule has 0 radical (unpaired) electrons. The summed E-state index contributed by atoms with van der Waals surface area (Å²) in [6, 6.07) is 13.8. The zero-order valence-corrected chi connectivity index (χ0v) is 20.4. The molecule has 1 aromatic heterocycles. The van der Waals surface area contributed by atoms with Crippen LogP contribution in [0.15, 0.2) is 71.9 Å². The van der Waals surface area contributed by atoms with E-state index in [-0.39, 0.29) is 23.7 Å². The summed E-state index contributed by atoms with van der Waals surface area (Å²) in [5.41, 5.74) is 3.02. The van der Waals surface area contributed by atoms with E-state index >= 15 is 0 Å². The van der Waals surface area contributed by atoms with Gasteiger partial charge in [0.25, 0.3) is 0 Å². The highest BCUT2D eigenvalue weighted by Gasteiger charge is 2.46. The summed E-state index contributed by atoms with van der Waals surface area (Å²) in [6.07, 6.45) is 4.27. The molecule has 3 N–H and O–H groups in total. The van der Waals surface area contributed by atoms with Crippen molar-refractivity contribution in [1.29, 1.82) is 0 Å². The van der Waals surface area contributed by atoms with Gasteiger partial charge in [-0.25, -0.2) is 0 Å². The molecular formula is C27H31N3O3S. The van der Waals surface area contributed by atoms with Crippen molar-refractivity contribution in [3.63, 3.8) is 0 Å². The number of hydrogen-bond donors (Lipinski definition) is 3. The minimum Gasteiger partial charge on any atom is -0.381 e. The Labute approximate surface area is 204 Å². The topological polar surface area (TPSA) is 87.3 Å². The van der Waals surface area contributed by atoms with Crippen molar-refractivity contribution in [2.75, 3.05) is 0 Å². The fourth-order valence-corrected chi connectivity index (χ4v) is 5.44. The third kappa shape index (κ3) is 5.30. The maximum Gasteiger partial charge on any atom is 0.238 e. The molecule has 178 valence electrons. The second-order valence-electron chi connectivity index (χ2n) is 9.26. The molecule has 3 heterocycles. The molecule has 0 bridgehead atoms. The lowest BCUT2D eigenvalue weighted by Crippen LogP contribution is -2.49. The standard InChI is InChI=1S/C27H31N3O3S/c1-16-11-12-20(29-24(16)25(31)23-18(3)26(32)30-27(23)33)15-22(19-8-5-4-6-9-19)28-17(2)14-21-10-7-13-34-21/h4-10,12-13,16,18,22-24,28-29H,2,11,14-15H2,1,3H3,(H,30,32,33)/t16?,18-,22-,23+,24-/m0/s1. The maximum atomic E-state index is 13.3. The molecule has 2 aromatic rings. The summed E-state index contributed by atoms with van der Waals surface area (Å²) < 4.78 is 0. The molecule has 2 aliphatic heterocycles. The first kappa shape index (κ1) is 24.0. The number of Topliss-reactive ketones (excluding diaryl/α,β-unsaturated/α-hetero) is 1. The lowest BCUT2D eigenvalue weighted by atomic mass is 9.81. The Balaban J connectivity index is 1.48. The van der Waals surface area contributed by atoms with Gasteiger partial charge in [0.1, 0.15) is 5.92 Å². The molecule has 1 fully saturated rings. The molecule has 0 aliphatic carbocycles. The van der Waals surface area contributed by atoms with Crippen LogP contribution in [0.1, 0.15) is 43.2 Å². The van der Waals surface area contributed by atoms with Gasteiger partial charge in [-0.05, 0) is 29.3 Å². The molecule has 1 saturated heterocycles. The van der Waals surface area contributed by atoms with E-state index in [2.05, 4.69) is 52.2 Å². The van der Waals surface area contributed by atoms with Crippen molar-refractivity contribution in [2.45, 2.75) is 45.2 Å². The van der Waals surface area contributed by atoms with E-state index in [1.807, 2.05) is 31.2 Å². The van der Waals surface area contributed by atoms with Crippen LogP contribution >= 0.6 is 11.3 Å². The lowest BCUT2D eigenvalue weighted by molar-refractivity contribution is -0.135. The Kier molecular flexibility index (Phi) is 7.32. The van der Waals surface area contributed by atoms with E-state index in [9.17, 15) is 14.4 Å². The molecule has 2 amide bonds. The first-order valence-corrected chi connectivity index (χ1v) is 12.6. The van der Waals surface area contributed by atoms with Crippen LogP contribution in [0.4, 0.5) is 0 Å². The smallest absolute Gasteiger partial charge is 0.238 e. The monoisotopic (exact) mass is 477 g/mol. The Morgan fingerprint density at radius 2 is 1.91 bits per heavy atom. The number of hydrogen-bond acceptors (Lipinski definition) is 6. The normalized spacial score (nSPS) is 25.2. The number of nitrogens with one attached hydrogen (secondary N) is 3. The van der Waals surface area contributed by atoms with E-state index in [4.69, 9.17) is 0 Å². The SMILES string of the molecule is C=C(Cc1cccs1)N[C@@H](CC1=CCC(C)[C@@H](C(=O)[C@@H]2C(=O)NC(=O)[C@H]2C)N1)c1ccccc1. The average molecular weight is 478 g/mol. The highest BCUT2D eigenvalue weighted by molar-refractivity contribution is 7.09. The van der Waals surface area contributed by atoms with Crippen molar-refractivity contribution >= 4 is 28.9 Å². The van der Waals surface area contributed by atoms with E-state index in [0.29, 0.717) is 6.42 Å². The number of allylic oxidation sites excluding steroid dienone is 2. The van der Waals surface area contributed by atoms with Gasteiger partial charge in [0.05, 0.1) is 18.0 Å². The summed E-state index contributed by atoms with van der Waals surface area (Å²) in [7, 11) is 0. The Hall–Kier alpha value is -3.19. The number of amides is 2. The lowest BCUT2D eigenvalue weighted by Gasteiger charge is -2.33. The molecule has 4 rings (SSSR count). The molecular weight excluding hydrogens is 446 g/mol. The fraction of sp³-hybridized carbons (Fsp3) is 0.370. The third-order valence-electron chi connectivity index (χ3n) is 6.67. The van der Waals surface area contributed by atoms with Crippen LogP contribution in [0, 0.1) is 17.8 Å². The zero-order chi connectivity index (χ0) is 24.2. The van der Waals surface area contributed by atoms with E-state index < -0.39 is 23.8 Å². The summed E-state index contributed by atoms with van der Waals surface area (Å²) in [4.78, 5) is 38.7. The van der Waals surface area contributed by atoms with Crippen molar-refractivity contribution in [3.05, 3.63) is 82.3 Å². The molecule has 7 heteroatoms. The average Bonchev–Trinajstić information content (AvgIpc) is 3.41. The molecule has 0 saturated carbocycles. The van der Waals surface area contributed by atoms with Crippen LogP contribution in [0.25, 0.3) is 0 Å². The predicted octanol–water partition coefficient (Wildman–Crippen LogP) is 3.89. The summed E-state index contributed by atoms with van der Waals surface area (Å²) in [5.74, 6) is -2.60. The minimum absolute atomic E-state index is 0.0214. The second-order valence-corrected chi connectivity index (χ2v) is 10.3. The van der Waals surface area contributed by atoms with Gasteiger partial charge in [-0.1, -0.05) is 62.9 Å². The van der Waals surface area contributed by atoms with Crippen molar-refractivity contribution in [3.8, 4) is 0 Å². The molecule has 5 atom stereocenters. The van der Waals surface area contributed by atoms with Gasteiger partial charge in [0.2, 0.25) is 11.8 Å². The molecule has 0 spiro atoms. The van der Waals surface area contributed by atoms with Crippen LogP contribution in [0.5, 0.6) is 0 Å². The molecule has 1 aromatic carbocycles. The van der Waals surface area contributed by atoms with Crippen LogP contribution in [0.2, 0.25) is 0 Å². The summed E-state index contributed by atoms with van der Waals surface area (Å²) in [5, 5.41) is 11.4. The van der Waals surface area contributed by atoms with Crippen LogP contribution < -0.4 is 16.0 Å². The Morgan fingerprint density at radius 3 is 2.56 bits per heavy atom. The first-order chi connectivity index (χ1) is 16.3. The van der Waals surface area contributed by atoms with E-state index in [1.54, 1.807) is 18.3 Å². The molecule has 34 heavy (non-hydrogen) atoms. The van der Waals surface area contributed by atoms with E-state index in [0.717, 1.165) is 29.8 Å². The zero-order valence-electron chi connectivity index (χ0n) is 19.5. The largest absolute Gasteiger partial charge is 0.381 e. The predicted molar refractivity (Wildman–Crippen MR) is 134 cm³/mol. The summed E-state index contributed by atoms with van der Waals surface area (Å²) in [6.45, 7) is 7.88. The van der Waals surface area contributed by atoms with Gasteiger partial charge in [-0.3, -0.25) is 19.7 Å². The minimum atomic E-state index is -0.930. The second kappa shape index (κ2) is 10.4. The number of carbonyl (C=O) groups excluding carboxylic acids is 3. The van der Waals surface area contributed by atoms with Crippen LogP contribution in [0.3, 0.4) is 0 Å². The van der Waals surface area contributed by atoms with Gasteiger partial charge < -0.3 is 10.6 Å². The number of carbonyl (C=O) groups is 3. The van der Waals surface area contributed by atoms with Gasteiger partial charge in [-0.2, -0.15) is 0 Å². The summed E-state index contributed by atoms with van der Waals surface area (Å²) >= 11 is 1.71. The van der Waals surface area contributed by atoms with Gasteiger partial charge in [-0.15, -0.1) is 11.3 Å². The van der Waals surface area contributed by atoms with Gasteiger partial charge in [0, 0.05) is 29.1 Å². The van der Waals surface area contributed by atoms with Crippen LogP contribution in [-0.4, -0.2) is 23.6 Å². The van der Waals surface area contributed by atoms with Gasteiger partial charge in [0.15, 0.2) is 5.78 Å². The van der Waals surface area contributed by atoms with Gasteiger partial charge >= 0.3 is 0 Å². The molecule has 2 aliphatic rings. The number of imide groups is 1. The first-order valence-electron chi connectivity index (χ1n) is 11.7. The molecule has 1 unspecified atom stereocenters. The Bertz CT molecular complexity index is 1090. The van der Waals surface area contributed by atoms with E-state index in [1.165, 1.54) is 4.88 Å². The number of ketones is 1. The van der Waals surface area contributed by atoms with Crippen molar-refractivity contribution in [1.82, 2.24) is 16.0 Å². The third-order valence-corrected chi connectivity index (χ3v) is 7.55. The highest BCUT2D eigenvalue weighted by atomic mass is 32.1. The fourth-order valence-electron chi connectivity index (χ4n) is 4.70. The number of thiophene rings is 1. The van der Waals surface area contributed by atoms with Crippen molar-refractivity contribution in [2.24, 2.45) is 17.8 Å². The number of rotatable bonds is 9. The highest BCUT2D eigenvalue weighted by Crippen LogP contribution is 2.30. The maximum absolute atomic E-state index is 13.3. The molecule has 6 nitrogen and oxygen atoms in total. The number of benzene rings is 1. The quantitative estimate of drug-likeness (QED) is 0.377.